The Hall–Kier alpha value is -2.05. The number of rotatable bonds is 7. The first-order chi connectivity index (χ1) is 14.0. The van der Waals surface area contributed by atoms with Crippen molar-refractivity contribution in [3.05, 3.63) is 35.9 Å². The van der Waals surface area contributed by atoms with E-state index in [0.29, 0.717) is 0 Å². The van der Waals surface area contributed by atoms with Crippen molar-refractivity contribution in [2.45, 2.75) is 57.3 Å². The Bertz CT molecular complexity index is 882. The van der Waals surface area contributed by atoms with Crippen molar-refractivity contribution >= 4 is 22.1 Å². The number of fused-ring (bicyclic) bond motifs is 1. The van der Waals surface area contributed by atoms with Crippen molar-refractivity contribution in [2.75, 3.05) is 12.9 Å². The maximum Gasteiger partial charge on any atom is 0.338 e. The smallest absolute Gasteiger partial charge is 0.338 e. The molecule has 5 unspecified atom stereocenters. The first kappa shape index (κ1) is 22.6. The molecule has 0 bridgehead atoms. The molecule has 2 fully saturated rings. The molecule has 0 aliphatic carbocycles. The fourth-order valence-corrected chi connectivity index (χ4v) is 3.96. The Kier molecular flexibility index (Phi) is 6.48. The van der Waals surface area contributed by atoms with Crippen molar-refractivity contribution in [3.8, 4) is 0 Å². The van der Waals surface area contributed by atoms with Gasteiger partial charge in [0.05, 0.1) is 11.8 Å². The largest absolute Gasteiger partial charge is 0.459 e. The van der Waals surface area contributed by atoms with E-state index in [2.05, 4.69) is 0 Å². The van der Waals surface area contributed by atoms with Crippen LogP contribution in [0.5, 0.6) is 0 Å². The first-order valence-corrected chi connectivity index (χ1v) is 11.1. The molecule has 1 aromatic rings. The summed E-state index contributed by atoms with van der Waals surface area (Å²) in [7, 11) is -3.97. The van der Waals surface area contributed by atoms with Crippen LogP contribution in [0.4, 0.5) is 0 Å². The minimum absolute atomic E-state index is 0.282. The molecule has 3 rings (SSSR count). The van der Waals surface area contributed by atoms with Crippen LogP contribution in [-0.4, -0.2) is 69.7 Å². The van der Waals surface area contributed by atoms with Gasteiger partial charge in [-0.05, 0) is 26.0 Å². The summed E-state index contributed by atoms with van der Waals surface area (Å²) in [6.45, 7) is 4.07. The lowest BCUT2D eigenvalue weighted by molar-refractivity contribution is -0.228. The van der Waals surface area contributed by atoms with E-state index in [1.54, 1.807) is 44.2 Å². The summed E-state index contributed by atoms with van der Waals surface area (Å²) < 4.78 is 56.5. The van der Waals surface area contributed by atoms with Gasteiger partial charge >= 0.3 is 11.9 Å². The number of hydrogen-bond acceptors (Lipinski definition) is 10. The normalized spacial score (nSPS) is 28.5. The van der Waals surface area contributed by atoms with Gasteiger partial charge in [-0.2, -0.15) is 8.42 Å². The Morgan fingerprint density at radius 2 is 1.83 bits per heavy atom. The molecule has 0 saturated carbocycles. The van der Waals surface area contributed by atoms with Crippen molar-refractivity contribution in [1.82, 2.24) is 0 Å². The molecule has 1 aromatic carbocycles. The highest BCUT2D eigenvalue weighted by molar-refractivity contribution is 7.86. The lowest BCUT2D eigenvalue weighted by atomic mass is 10.1. The Morgan fingerprint density at radius 3 is 2.43 bits per heavy atom. The van der Waals surface area contributed by atoms with E-state index >= 15 is 0 Å². The van der Waals surface area contributed by atoms with Crippen LogP contribution in [0.15, 0.2) is 30.3 Å². The third kappa shape index (κ3) is 5.55. The van der Waals surface area contributed by atoms with Gasteiger partial charge in [0.1, 0.15) is 18.8 Å². The molecule has 0 aromatic heterocycles. The topological polar surface area (TPSA) is 124 Å². The van der Waals surface area contributed by atoms with Crippen LogP contribution < -0.4 is 0 Å². The number of carbonyl (C=O) groups is 2. The van der Waals surface area contributed by atoms with Gasteiger partial charge in [-0.3, -0.25) is 8.98 Å². The Balaban J connectivity index is 1.79. The zero-order valence-electron chi connectivity index (χ0n) is 17.0. The van der Waals surface area contributed by atoms with Gasteiger partial charge in [0.25, 0.3) is 10.1 Å². The highest BCUT2D eigenvalue weighted by atomic mass is 32.2. The second-order valence-corrected chi connectivity index (χ2v) is 9.05. The van der Waals surface area contributed by atoms with E-state index in [9.17, 15) is 18.0 Å². The SMILES string of the molecule is CC(=O)OC1C(C(COC(=O)c2ccccc2)OS(C)(=O)=O)OC2OC(C)(C)OC21. The summed E-state index contributed by atoms with van der Waals surface area (Å²) in [6, 6.07) is 8.17. The molecule has 0 spiro atoms. The van der Waals surface area contributed by atoms with Crippen LogP contribution in [-0.2, 0) is 42.8 Å². The second-order valence-electron chi connectivity index (χ2n) is 7.45. The Morgan fingerprint density at radius 1 is 1.17 bits per heavy atom. The standard InChI is InChI=1S/C19H24O10S/c1-11(20)25-15-14(26-18-16(15)27-19(2,3)28-18)13(29-30(4,22)23)10-24-17(21)12-8-6-5-7-9-12/h5-9,13-16,18H,10H2,1-4H3. The summed E-state index contributed by atoms with van der Waals surface area (Å²) in [5.41, 5.74) is 0.282. The summed E-state index contributed by atoms with van der Waals surface area (Å²) in [6.07, 6.45) is -4.30. The molecular formula is C19H24O10S. The number of carbonyl (C=O) groups excluding carboxylic acids is 2. The molecule has 2 saturated heterocycles. The molecule has 2 heterocycles. The summed E-state index contributed by atoms with van der Waals surface area (Å²) >= 11 is 0. The molecule has 0 radical (unpaired) electrons. The molecule has 0 amide bonds. The molecule has 2 aliphatic rings. The third-order valence-corrected chi connectivity index (χ3v) is 4.98. The van der Waals surface area contributed by atoms with E-state index in [1.807, 2.05) is 0 Å². The van der Waals surface area contributed by atoms with Gasteiger partial charge in [-0.15, -0.1) is 0 Å². The molecular weight excluding hydrogens is 420 g/mol. The monoisotopic (exact) mass is 444 g/mol. The van der Waals surface area contributed by atoms with E-state index in [0.717, 1.165) is 6.26 Å². The second kappa shape index (κ2) is 8.60. The maximum atomic E-state index is 12.3. The van der Waals surface area contributed by atoms with Gasteiger partial charge in [-0.1, -0.05) is 18.2 Å². The molecule has 11 heteroatoms. The van der Waals surface area contributed by atoms with Gasteiger partial charge in [-0.25, -0.2) is 4.79 Å². The highest BCUT2D eigenvalue weighted by Crippen LogP contribution is 2.40. The Labute approximate surface area is 174 Å². The van der Waals surface area contributed by atoms with E-state index in [1.165, 1.54) is 6.92 Å². The fourth-order valence-electron chi connectivity index (χ4n) is 3.35. The van der Waals surface area contributed by atoms with Gasteiger partial charge in [0.15, 0.2) is 24.3 Å². The fraction of sp³-hybridized carbons (Fsp3) is 0.579. The van der Waals surface area contributed by atoms with E-state index in [-0.39, 0.29) is 5.56 Å². The summed E-state index contributed by atoms with van der Waals surface area (Å²) in [5, 5.41) is 0. The molecule has 0 N–H and O–H groups in total. The average Bonchev–Trinajstić information content (AvgIpc) is 3.10. The first-order valence-electron chi connectivity index (χ1n) is 9.24. The predicted octanol–water partition coefficient (Wildman–Crippen LogP) is 0.996. The number of benzene rings is 1. The number of ether oxygens (including phenoxy) is 5. The van der Waals surface area contributed by atoms with Crippen molar-refractivity contribution < 1.29 is 45.9 Å². The minimum atomic E-state index is -3.97. The molecule has 166 valence electrons. The predicted molar refractivity (Wildman–Crippen MR) is 101 cm³/mol. The van der Waals surface area contributed by atoms with Gasteiger partial charge < -0.3 is 23.7 Å². The highest BCUT2D eigenvalue weighted by Gasteiger charge is 2.59. The lowest BCUT2D eigenvalue weighted by Gasteiger charge is -2.29. The molecule has 10 nitrogen and oxygen atoms in total. The zero-order chi connectivity index (χ0) is 22.1. The van der Waals surface area contributed by atoms with Crippen LogP contribution in [0.25, 0.3) is 0 Å². The average molecular weight is 444 g/mol. The quantitative estimate of drug-likeness (QED) is 0.444. The van der Waals surface area contributed by atoms with Crippen LogP contribution >= 0.6 is 0 Å². The molecule has 5 atom stereocenters. The number of hydrogen-bond donors (Lipinski definition) is 0. The van der Waals surface area contributed by atoms with Crippen LogP contribution in [0, 0.1) is 0 Å². The zero-order valence-corrected chi connectivity index (χ0v) is 17.8. The maximum absolute atomic E-state index is 12.3. The van der Waals surface area contributed by atoms with Crippen molar-refractivity contribution in [2.24, 2.45) is 0 Å². The molecule has 30 heavy (non-hydrogen) atoms. The lowest BCUT2D eigenvalue weighted by Crippen LogP contribution is -2.47. The van der Waals surface area contributed by atoms with Crippen molar-refractivity contribution in [3.63, 3.8) is 0 Å². The van der Waals surface area contributed by atoms with Crippen LogP contribution in [0.2, 0.25) is 0 Å². The van der Waals surface area contributed by atoms with Gasteiger partial charge in [0.2, 0.25) is 0 Å². The third-order valence-electron chi connectivity index (χ3n) is 4.38. The van der Waals surface area contributed by atoms with E-state index in [4.69, 9.17) is 27.9 Å². The molecule has 2 aliphatic heterocycles. The van der Waals surface area contributed by atoms with Crippen LogP contribution in [0.3, 0.4) is 0 Å². The minimum Gasteiger partial charge on any atom is -0.459 e. The van der Waals surface area contributed by atoms with Gasteiger partial charge in [0, 0.05) is 6.92 Å². The number of esters is 2. The van der Waals surface area contributed by atoms with Crippen molar-refractivity contribution in [1.29, 1.82) is 0 Å². The van der Waals surface area contributed by atoms with E-state index < -0.39 is 65.2 Å². The summed E-state index contributed by atoms with van der Waals surface area (Å²) in [4.78, 5) is 23.9. The summed E-state index contributed by atoms with van der Waals surface area (Å²) in [5.74, 6) is -2.28. The van der Waals surface area contributed by atoms with Crippen LogP contribution in [0.1, 0.15) is 31.1 Å².